The summed E-state index contributed by atoms with van der Waals surface area (Å²) >= 11 is 1.44. The third kappa shape index (κ3) is 9.92. The molecule has 1 aromatic heterocycles. The Morgan fingerprint density at radius 2 is 1.57 bits per heavy atom. The number of carboxylic acid groups (broad SMARTS) is 1. The summed E-state index contributed by atoms with van der Waals surface area (Å²) in [5, 5.41) is 14.9. The number of hydrogen-bond acceptors (Lipinski definition) is 7. The first-order valence-electron chi connectivity index (χ1n) is 15.0. The van der Waals surface area contributed by atoms with Gasteiger partial charge in [0.05, 0.1) is 32.4 Å². The number of anilines is 1. The van der Waals surface area contributed by atoms with Gasteiger partial charge in [0.15, 0.2) is 0 Å². The number of aliphatic carboxylic acids is 1. The Kier molecular flexibility index (Phi) is 12.3. The lowest BCUT2D eigenvalue weighted by molar-refractivity contribution is -0.138. The molecule has 1 heterocycles. The van der Waals surface area contributed by atoms with Gasteiger partial charge in [-0.25, -0.2) is 4.98 Å². The number of thiazole rings is 1. The van der Waals surface area contributed by atoms with Gasteiger partial charge in [-0.1, -0.05) is 63.1 Å². The van der Waals surface area contributed by atoms with Crippen LogP contribution in [0.4, 0.5) is 5.69 Å². The molecule has 0 aliphatic rings. The van der Waals surface area contributed by atoms with Crippen LogP contribution in [-0.4, -0.2) is 47.1 Å². The Hall–Kier alpha value is -4.21. The van der Waals surface area contributed by atoms with E-state index in [4.69, 9.17) is 14.5 Å². The molecule has 8 nitrogen and oxygen atoms in total. The second-order valence-corrected chi connectivity index (χ2v) is 11.7. The van der Waals surface area contributed by atoms with E-state index < -0.39 is 5.97 Å². The average Bonchev–Trinajstić information content (AvgIpc) is 3.49. The first-order valence-corrected chi connectivity index (χ1v) is 15.9. The molecule has 2 N–H and O–H groups in total. The number of carbonyl (C=O) groups is 2. The number of amides is 1. The second-order valence-electron chi connectivity index (χ2n) is 10.8. The maximum atomic E-state index is 12.6. The van der Waals surface area contributed by atoms with Crippen molar-refractivity contribution < 1.29 is 24.2 Å². The van der Waals surface area contributed by atoms with E-state index in [1.54, 1.807) is 36.3 Å². The van der Waals surface area contributed by atoms with E-state index in [9.17, 15) is 14.7 Å². The monoisotopic (exact) mass is 615 g/mol. The molecule has 0 atom stereocenters. The number of hydrogen-bond donors (Lipinski definition) is 2. The number of ether oxygens (including phenoxy) is 2. The highest BCUT2D eigenvalue weighted by Crippen LogP contribution is 2.28. The minimum Gasteiger partial charge on any atom is -0.497 e. The highest BCUT2D eigenvalue weighted by molar-refractivity contribution is 7.09. The van der Waals surface area contributed by atoms with Crippen molar-refractivity contribution >= 4 is 28.9 Å². The molecular weight excluding hydrogens is 574 g/mol. The maximum absolute atomic E-state index is 12.6. The van der Waals surface area contributed by atoms with E-state index in [0.717, 1.165) is 27.6 Å². The molecular formula is C35H41N3O5S. The van der Waals surface area contributed by atoms with Crippen LogP contribution in [0, 0.1) is 0 Å². The smallest absolute Gasteiger partial charge is 0.317 e. The maximum Gasteiger partial charge on any atom is 0.317 e. The van der Waals surface area contributed by atoms with Gasteiger partial charge in [0.1, 0.15) is 23.1 Å². The number of nitrogens with one attached hydrogen (secondary N) is 1. The molecule has 0 unspecified atom stereocenters. The van der Waals surface area contributed by atoms with Gasteiger partial charge in [0, 0.05) is 16.6 Å². The first-order chi connectivity index (χ1) is 21.4. The van der Waals surface area contributed by atoms with Crippen LogP contribution in [0.25, 0.3) is 11.3 Å². The molecule has 0 aliphatic heterocycles. The fourth-order valence-corrected chi connectivity index (χ4v) is 5.94. The van der Waals surface area contributed by atoms with Crippen LogP contribution < -0.4 is 14.8 Å². The molecule has 9 heteroatoms. The van der Waals surface area contributed by atoms with Crippen molar-refractivity contribution in [2.45, 2.75) is 58.6 Å². The van der Waals surface area contributed by atoms with Crippen molar-refractivity contribution in [3.63, 3.8) is 0 Å². The molecule has 0 saturated carbocycles. The molecule has 4 aromatic rings. The topological polar surface area (TPSA) is 101 Å². The zero-order valence-corrected chi connectivity index (χ0v) is 26.4. The molecule has 0 fully saturated rings. The first kappa shape index (κ1) is 32.7. The predicted octanol–water partition coefficient (Wildman–Crippen LogP) is 7.61. The van der Waals surface area contributed by atoms with Crippen molar-refractivity contribution in [2.24, 2.45) is 0 Å². The summed E-state index contributed by atoms with van der Waals surface area (Å²) in [5.41, 5.74) is 4.81. The highest BCUT2D eigenvalue weighted by atomic mass is 32.1. The molecule has 0 radical (unpaired) electrons. The molecule has 1 amide bonds. The molecule has 0 bridgehead atoms. The SMILES string of the molecule is CCCC(CCC)c1ccc(OCc2ccc(-c3csc(CN(CC(=O)O)CC(=O)Nc4ccc(OC)cc4)n3)cc2)cc1. The minimum absolute atomic E-state index is 0.0806. The number of methoxy groups -OCH3 is 1. The number of aromatic nitrogens is 1. The Bertz CT molecular complexity index is 1460. The lowest BCUT2D eigenvalue weighted by Crippen LogP contribution is -2.36. The zero-order chi connectivity index (χ0) is 31.3. The van der Waals surface area contributed by atoms with Crippen molar-refractivity contribution in [3.05, 3.63) is 94.3 Å². The summed E-state index contributed by atoms with van der Waals surface area (Å²) in [6.45, 7) is 4.84. The van der Waals surface area contributed by atoms with E-state index in [1.807, 2.05) is 29.6 Å². The molecule has 4 rings (SSSR count). The van der Waals surface area contributed by atoms with Crippen LogP contribution in [0.15, 0.2) is 78.2 Å². The second kappa shape index (κ2) is 16.6. The van der Waals surface area contributed by atoms with Crippen molar-refractivity contribution in [1.29, 1.82) is 0 Å². The summed E-state index contributed by atoms with van der Waals surface area (Å²) < 4.78 is 11.2. The fourth-order valence-electron chi connectivity index (χ4n) is 5.09. The Morgan fingerprint density at radius 1 is 0.909 bits per heavy atom. The summed E-state index contributed by atoms with van der Waals surface area (Å²) in [7, 11) is 1.57. The normalized spacial score (nSPS) is 11.1. The van der Waals surface area contributed by atoms with Gasteiger partial charge in [-0.15, -0.1) is 11.3 Å². The van der Waals surface area contributed by atoms with Gasteiger partial charge in [0.25, 0.3) is 0 Å². The number of carboxylic acids is 1. The predicted molar refractivity (Wildman–Crippen MR) is 175 cm³/mol. The quantitative estimate of drug-likeness (QED) is 0.126. The van der Waals surface area contributed by atoms with Gasteiger partial charge in [-0.3, -0.25) is 14.5 Å². The van der Waals surface area contributed by atoms with E-state index in [-0.39, 0.29) is 25.5 Å². The lowest BCUT2D eigenvalue weighted by atomic mass is 9.90. The molecule has 3 aromatic carbocycles. The summed E-state index contributed by atoms with van der Waals surface area (Å²) in [6.07, 6.45) is 4.80. The van der Waals surface area contributed by atoms with Crippen LogP contribution in [0.3, 0.4) is 0 Å². The summed E-state index contributed by atoms with van der Waals surface area (Å²) in [6, 6.07) is 23.6. The largest absolute Gasteiger partial charge is 0.497 e. The average molecular weight is 616 g/mol. The van der Waals surface area contributed by atoms with Gasteiger partial charge in [-0.05, 0) is 66.3 Å². The van der Waals surface area contributed by atoms with Crippen molar-refractivity contribution in [1.82, 2.24) is 9.88 Å². The van der Waals surface area contributed by atoms with E-state index >= 15 is 0 Å². The number of carbonyl (C=O) groups excluding carboxylic acids is 1. The van der Waals surface area contributed by atoms with Crippen LogP contribution in [-0.2, 0) is 22.7 Å². The Morgan fingerprint density at radius 3 is 2.18 bits per heavy atom. The molecule has 0 saturated heterocycles. The van der Waals surface area contributed by atoms with E-state index in [0.29, 0.717) is 24.0 Å². The highest BCUT2D eigenvalue weighted by Gasteiger charge is 2.17. The number of nitrogens with zero attached hydrogens (tertiary/aromatic N) is 2. The third-order valence-corrected chi connectivity index (χ3v) is 8.13. The molecule has 0 spiro atoms. The minimum atomic E-state index is -1.01. The van der Waals surface area contributed by atoms with Crippen LogP contribution in [0.5, 0.6) is 11.5 Å². The molecule has 0 aliphatic carbocycles. The standard InChI is InChI=1S/C35H41N3O5S/c1-4-6-26(7-5-2)27-12-16-31(17-13-27)43-23-25-8-10-28(11-9-25)32-24-44-34(37-32)21-38(22-35(40)41)20-33(39)36-29-14-18-30(42-3)19-15-29/h8-19,24,26H,4-7,20-23H2,1-3H3,(H,36,39)(H,40,41). The van der Waals surface area contributed by atoms with Gasteiger partial charge >= 0.3 is 5.97 Å². The third-order valence-electron chi connectivity index (χ3n) is 7.29. The summed E-state index contributed by atoms with van der Waals surface area (Å²) in [5.74, 6) is 0.839. The number of benzene rings is 3. The van der Waals surface area contributed by atoms with Gasteiger partial charge < -0.3 is 19.9 Å². The van der Waals surface area contributed by atoms with Crippen molar-refractivity contribution in [2.75, 3.05) is 25.5 Å². The van der Waals surface area contributed by atoms with Crippen LogP contribution in [0.2, 0.25) is 0 Å². The van der Waals surface area contributed by atoms with Gasteiger partial charge in [0.2, 0.25) is 5.91 Å². The Balaban J connectivity index is 1.31. The molecule has 232 valence electrons. The molecule has 44 heavy (non-hydrogen) atoms. The van der Waals surface area contributed by atoms with E-state index in [1.165, 1.54) is 42.6 Å². The van der Waals surface area contributed by atoms with Gasteiger partial charge in [-0.2, -0.15) is 0 Å². The zero-order valence-electron chi connectivity index (χ0n) is 25.6. The van der Waals surface area contributed by atoms with Crippen molar-refractivity contribution in [3.8, 4) is 22.8 Å². The van der Waals surface area contributed by atoms with E-state index in [2.05, 4.69) is 43.4 Å². The van der Waals surface area contributed by atoms with Crippen LogP contribution >= 0.6 is 11.3 Å². The van der Waals surface area contributed by atoms with Crippen LogP contribution in [0.1, 0.15) is 61.6 Å². The fraction of sp³-hybridized carbons (Fsp3) is 0.343. The summed E-state index contributed by atoms with van der Waals surface area (Å²) in [4.78, 5) is 30.4. The Labute approximate surface area is 263 Å². The number of rotatable bonds is 17. The lowest BCUT2D eigenvalue weighted by Gasteiger charge is -2.18.